The zero-order chi connectivity index (χ0) is 39.6. The average Bonchev–Trinajstić information content (AvgIpc) is 3.32. The molecule has 12 rings (SSSR count). The molecule has 12 aromatic carbocycles. The summed E-state index contributed by atoms with van der Waals surface area (Å²) in [4.78, 5) is 0. The van der Waals surface area contributed by atoms with Crippen LogP contribution >= 0.6 is 0 Å². The molecule has 0 N–H and O–H groups in total. The Bertz CT molecular complexity index is 3660. The van der Waals surface area contributed by atoms with Crippen LogP contribution in [0.1, 0.15) is 0 Å². The van der Waals surface area contributed by atoms with Gasteiger partial charge in [0.25, 0.3) is 0 Å². The van der Waals surface area contributed by atoms with E-state index in [9.17, 15) is 0 Å². The van der Waals surface area contributed by atoms with Gasteiger partial charge in [-0.1, -0.05) is 200 Å². The van der Waals surface area contributed by atoms with E-state index in [2.05, 4.69) is 231 Å². The van der Waals surface area contributed by atoms with Gasteiger partial charge in [0.15, 0.2) is 0 Å². The van der Waals surface area contributed by atoms with Crippen molar-refractivity contribution in [3.05, 3.63) is 231 Å². The van der Waals surface area contributed by atoms with E-state index in [1.54, 1.807) is 0 Å². The Morgan fingerprint density at radius 2 is 0.533 bits per heavy atom. The summed E-state index contributed by atoms with van der Waals surface area (Å²) in [5.74, 6) is 0. The number of rotatable bonds is 5. The lowest BCUT2D eigenvalue weighted by molar-refractivity contribution is 1.61. The molecule has 0 atom stereocenters. The maximum atomic E-state index is 2.44. The van der Waals surface area contributed by atoms with Gasteiger partial charge in [0.1, 0.15) is 0 Å². The molecule has 0 unspecified atom stereocenters. The topological polar surface area (TPSA) is 0 Å². The van der Waals surface area contributed by atoms with Crippen LogP contribution in [0.5, 0.6) is 0 Å². The first-order chi connectivity index (χ1) is 29.7. The molecule has 0 radical (unpaired) electrons. The van der Waals surface area contributed by atoms with Crippen molar-refractivity contribution in [2.75, 3.05) is 0 Å². The standard InChI is InChI=1S/C60H38/c1-4-15-42-34-48(29-26-39(42)12-1)52-23-11-24-53-51(22-10-25-54(52)53)47-19-9-18-45(35-47)46-32-33-57-58(38-46)60(50-31-28-41-14-3-6-17-44(41)37-50)56-21-8-7-20-55(56)59(57)49-30-27-40-13-2-5-16-43(40)36-49/h1-38H. The number of benzene rings is 12. The Kier molecular flexibility index (Phi) is 7.96. The van der Waals surface area contributed by atoms with Crippen LogP contribution in [0.4, 0.5) is 0 Å². The van der Waals surface area contributed by atoms with E-state index in [1.165, 1.54) is 120 Å². The molecule has 0 fully saturated rings. The Morgan fingerprint density at radius 1 is 0.167 bits per heavy atom. The zero-order valence-corrected chi connectivity index (χ0v) is 32.9. The monoisotopic (exact) mass is 758 g/mol. The lowest BCUT2D eigenvalue weighted by Crippen LogP contribution is -1.92. The summed E-state index contributed by atoms with van der Waals surface area (Å²) in [5.41, 5.74) is 12.3. The van der Waals surface area contributed by atoms with Gasteiger partial charge < -0.3 is 0 Å². The van der Waals surface area contributed by atoms with Crippen molar-refractivity contribution in [3.8, 4) is 55.6 Å². The summed E-state index contributed by atoms with van der Waals surface area (Å²) in [5, 5.41) is 15.0. The number of hydrogen-bond donors (Lipinski definition) is 0. The van der Waals surface area contributed by atoms with Crippen molar-refractivity contribution in [2.24, 2.45) is 0 Å². The Morgan fingerprint density at radius 3 is 1.10 bits per heavy atom. The number of hydrogen-bond acceptors (Lipinski definition) is 0. The van der Waals surface area contributed by atoms with E-state index in [0.717, 1.165) is 0 Å². The molecule has 0 aliphatic rings. The third-order valence-corrected chi connectivity index (χ3v) is 12.6. The van der Waals surface area contributed by atoms with Crippen molar-refractivity contribution in [3.63, 3.8) is 0 Å². The highest BCUT2D eigenvalue weighted by atomic mass is 14.2. The molecule has 0 aromatic heterocycles. The molecule has 0 saturated carbocycles. The minimum atomic E-state index is 1.20. The fourth-order valence-corrected chi connectivity index (χ4v) is 9.71. The Labute approximate surface area is 349 Å². The Balaban J connectivity index is 1.06. The van der Waals surface area contributed by atoms with Gasteiger partial charge in [-0.25, -0.2) is 0 Å². The summed E-state index contributed by atoms with van der Waals surface area (Å²) in [6.07, 6.45) is 0. The normalized spacial score (nSPS) is 11.7. The first kappa shape index (κ1) is 34.3. The first-order valence-corrected chi connectivity index (χ1v) is 20.8. The molecule has 0 heterocycles. The lowest BCUT2D eigenvalue weighted by Gasteiger charge is -2.19. The van der Waals surface area contributed by atoms with E-state index in [1.807, 2.05) is 0 Å². The molecule has 12 aromatic rings. The SMILES string of the molecule is c1cc(-c2ccc3c(-c4ccc5ccccc5c4)c4ccccc4c(-c4ccc5ccccc5c4)c3c2)cc(-c2cccc3c(-c4ccc5ccccc5c4)cccc23)c1. The summed E-state index contributed by atoms with van der Waals surface area (Å²) in [6, 6.07) is 85.3. The van der Waals surface area contributed by atoms with Crippen molar-refractivity contribution in [1.82, 2.24) is 0 Å². The van der Waals surface area contributed by atoms with Crippen molar-refractivity contribution >= 4 is 64.6 Å². The second kappa shape index (κ2) is 13.9. The second-order valence-corrected chi connectivity index (χ2v) is 16.0. The third-order valence-electron chi connectivity index (χ3n) is 12.6. The summed E-state index contributed by atoms with van der Waals surface area (Å²) < 4.78 is 0. The number of fused-ring (bicyclic) bond motifs is 6. The van der Waals surface area contributed by atoms with E-state index in [-0.39, 0.29) is 0 Å². The van der Waals surface area contributed by atoms with Gasteiger partial charge >= 0.3 is 0 Å². The highest BCUT2D eigenvalue weighted by Crippen LogP contribution is 2.46. The van der Waals surface area contributed by atoms with Crippen LogP contribution in [0.25, 0.3) is 120 Å². The largest absolute Gasteiger partial charge is 0.0616 e. The maximum Gasteiger partial charge on any atom is -0.00259 e. The average molecular weight is 759 g/mol. The van der Waals surface area contributed by atoms with Crippen LogP contribution in [0.3, 0.4) is 0 Å². The van der Waals surface area contributed by atoms with E-state index in [4.69, 9.17) is 0 Å². The molecule has 0 spiro atoms. The van der Waals surface area contributed by atoms with Gasteiger partial charge in [-0.3, -0.25) is 0 Å². The van der Waals surface area contributed by atoms with Crippen LogP contribution in [0.2, 0.25) is 0 Å². The molecule has 278 valence electrons. The van der Waals surface area contributed by atoms with Gasteiger partial charge in [0, 0.05) is 0 Å². The zero-order valence-electron chi connectivity index (χ0n) is 32.9. The molecule has 60 heavy (non-hydrogen) atoms. The van der Waals surface area contributed by atoms with Crippen LogP contribution in [0, 0.1) is 0 Å². The van der Waals surface area contributed by atoms with E-state index >= 15 is 0 Å². The molecular formula is C60H38. The van der Waals surface area contributed by atoms with Gasteiger partial charge in [-0.05, 0) is 151 Å². The van der Waals surface area contributed by atoms with E-state index < -0.39 is 0 Å². The highest BCUT2D eigenvalue weighted by Gasteiger charge is 2.19. The molecular weight excluding hydrogens is 721 g/mol. The molecule has 0 bridgehead atoms. The summed E-state index contributed by atoms with van der Waals surface area (Å²) in [6.45, 7) is 0. The van der Waals surface area contributed by atoms with Gasteiger partial charge in [0.05, 0.1) is 0 Å². The smallest absolute Gasteiger partial charge is 0.00259 e. The fourth-order valence-electron chi connectivity index (χ4n) is 9.71. The Hall–Kier alpha value is -7.80. The van der Waals surface area contributed by atoms with Crippen LogP contribution in [-0.4, -0.2) is 0 Å². The lowest BCUT2D eigenvalue weighted by atomic mass is 9.84. The highest BCUT2D eigenvalue weighted by molar-refractivity contribution is 6.22. The van der Waals surface area contributed by atoms with Gasteiger partial charge in [-0.2, -0.15) is 0 Å². The minimum Gasteiger partial charge on any atom is -0.0616 e. The molecule has 0 nitrogen and oxygen atoms in total. The summed E-state index contributed by atoms with van der Waals surface area (Å²) >= 11 is 0. The maximum absolute atomic E-state index is 2.44. The predicted molar refractivity (Wildman–Crippen MR) is 259 cm³/mol. The molecule has 0 heteroatoms. The first-order valence-electron chi connectivity index (χ1n) is 20.8. The van der Waals surface area contributed by atoms with Gasteiger partial charge in [0.2, 0.25) is 0 Å². The summed E-state index contributed by atoms with van der Waals surface area (Å²) in [7, 11) is 0. The second-order valence-electron chi connectivity index (χ2n) is 16.0. The van der Waals surface area contributed by atoms with Crippen molar-refractivity contribution in [2.45, 2.75) is 0 Å². The molecule has 0 aliphatic carbocycles. The van der Waals surface area contributed by atoms with Crippen LogP contribution in [0.15, 0.2) is 231 Å². The molecule has 0 amide bonds. The van der Waals surface area contributed by atoms with Crippen LogP contribution < -0.4 is 0 Å². The van der Waals surface area contributed by atoms with E-state index in [0.29, 0.717) is 0 Å². The van der Waals surface area contributed by atoms with Crippen molar-refractivity contribution < 1.29 is 0 Å². The fraction of sp³-hybridized carbons (Fsp3) is 0. The minimum absolute atomic E-state index is 1.20. The third kappa shape index (κ3) is 5.69. The van der Waals surface area contributed by atoms with Crippen molar-refractivity contribution in [1.29, 1.82) is 0 Å². The predicted octanol–water partition coefficient (Wildman–Crippen LogP) is 16.9. The quantitative estimate of drug-likeness (QED) is 0.153. The van der Waals surface area contributed by atoms with Crippen LogP contribution in [-0.2, 0) is 0 Å². The van der Waals surface area contributed by atoms with Gasteiger partial charge in [-0.15, -0.1) is 0 Å². The molecule has 0 aliphatic heterocycles. The molecule has 0 saturated heterocycles.